The predicted molar refractivity (Wildman–Crippen MR) is 130 cm³/mol. The second-order valence-electron chi connectivity index (χ2n) is 7.60. The van der Waals surface area contributed by atoms with Gasteiger partial charge in [-0.1, -0.05) is 23.5 Å². The number of fused-ring (bicyclic) bond motifs is 1. The van der Waals surface area contributed by atoms with E-state index in [1.807, 2.05) is 57.4 Å². The van der Waals surface area contributed by atoms with E-state index in [1.165, 1.54) is 11.3 Å². The number of benzene rings is 2. The Labute approximate surface area is 193 Å². The number of anilines is 1. The van der Waals surface area contributed by atoms with Gasteiger partial charge in [-0.05, 0) is 63.8 Å². The molecule has 0 fully saturated rings. The van der Waals surface area contributed by atoms with E-state index in [-0.39, 0.29) is 5.91 Å². The molecule has 1 aromatic heterocycles. The van der Waals surface area contributed by atoms with Gasteiger partial charge in [-0.3, -0.25) is 9.69 Å². The van der Waals surface area contributed by atoms with Crippen molar-refractivity contribution < 1.29 is 19.0 Å². The first-order valence-electron chi connectivity index (χ1n) is 10.6. The number of carbonyl (C=O) groups excluding carboxylic acids is 1. The smallest absolute Gasteiger partial charge is 0.233 e. The van der Waals surface area contributed by atoms with Crippen molar-refractivity contribution in [1.29, 1.82) is 0 Å². The third kappa shape index (κ3) is 5.69. The molecule has 32 heavy (non-hydrogen) atoms. The molecule has 0 spiro atoms. The van der Waals surface area contributed by atoms with E-state index in [0.29, 0.717) is 36.0 Å². The summed E-state index contributed by atoms with van der Waals surface area (Å²) in [5, 5.41) is 0.650. The summed E-state index contributed by atoms with van der Waals surface area (Å²) in [5.41, 5.74) is 1.64. The fourth-order valence-corrected chi connectivity index (χ4v) is 4.52. The zero-order valence-corrected chi connectivity index (χ0v) is 20.2. The number of thiazole rings is 1. The highest BCUT2D eigenvalue weighted by Crippen LogP contribution is 2.40. The summed E-state index contributed by atoms with van der Waals surface area (Å²) in [7, 11) is 7.30. The van der Waals surface area contributed by atoms with Gasteiger partial charge in [0.25, 0.3) is 0 Å². The molecule has 0 saturated carbocycles. The molecule has 0 unspecified atom stereocenters. The van der Waals surface area contributed by atoms with Crippen LogP contribution in [0.25, 0.3) is 10.2 Å². The lowest BCUT2D eigenvalue weighted by Gasteiger charge is -2.21. The number of hydrogen-bond donors (Lipinski definition) is 0. The van der Waals surface area contributed by atoms with Crippen LogP contribution in [0.1, 0.15) is 18.9 Å². The van der Waals surface area contributed by atoms with Crippen molar-refractivity contribution in [2.24, 2.45) is 0 Å². The van der Waals surface area contributed by atoms with Crippen LogP contribution in [0, 0.1) is 0 Å². The predicted octanol–water partition coefficient (Wildman–Crippen LogP) is 4.24. The van der Waals surface area contributed by atoms with Gasteiger partial charge in [-0.2, -0.15) is 0 Å². The quantitative estimate of drug-likeness (QED) is 0.429. The average molecular weight is 458 g/mol. The molecule has 172 valence electrons. The molecule has 0 saturated heterocycles. The lowest BCUT2D eigenvalue weighted by molar-refractivity contribution is -0.118. The number of rotatable bonds is 11. The zero-order valence-electron chi connectivity index (χ0n) is 19.4. The highest BCUT2D eigenvalue weighted by Gasteiger charge is 2.22. The molecule has 1 amide bonds. The first-order valence-corrected chi connectivity index (χ1v) is 11.5. The molecule has 2 aromatic carbocycles. The minimum absolute atomic E-state index is 0.00454. The second-order valence-corrected chi connectivity index (χ2v) is 8.58. The van der Waals surface area contributed by atoms with Gasteiger partial charge in [0.1, 0.15) is 27.5 Å². The highest BCUT2D eigenvalue weighted by atomic mass is 32.1. The van der Waals surface area contributed by atoms with Crippen molar-refractivity contribution in [3.05, 3.63) is 42.0 Å². The molecular formula is C24H31N3O4S. The standard InChI is InChI=1S/C24H31N3O4S/c1-6-31-18-10-8-17(9-11-18)16-21(28)27(15-7-14-26(2)3)24-25-22-19(29-4)12-13-20(30-5)23(22)32-24/h8-13H,6-7,14-16H2,1-5H3. The third-order valence-corrected chi connectivity index (χ3v) is 6.10. The van der Waals surface area contributed by atoms with Gasteiger partial charge in [-0.15, -0.1) is 0 Å². The fraction of sp³-hybridized carbons (Fsp3) is 0.417. The summed E-state index contributed by atoms with van der Waals surface area (Å²) in [5.74, 6) is 2.19. The molecule has 0 aliphatic heterocycles. The van der Waals surface area contributed by atoms with E-state index in [2.05, 4.69) is 4.90 Å². The minimum Gasteiger partial charge on any atom is -0.495 e. The molecule has 3 rings (SSSR count). The van der Waals surface area contributed by atoms with Crippen LogP contribution in [0.2, 0.25) is 0 Å². The summed E-state index contributed by atoms with van der Waals surface area (Å²) in [6.07, 6.45) is 1.13. The first kappa shape index (κ1) is 23.8. The number of carbonyl (C=O) groups is 1. The lowest BCUT2D eigenvalue weighted by Crippen LogP contribution is -2.34. The van der Waals surface area contributed by atoms with Crippen LogP contribution in [0.3, 0.4) is 0 Å². The van der Waals surface area contributed by atoms with E-state index >= 15 is 0 Å². The van der Waals surface area contributed by atoms with Crippen molar-refractivity contribution in [3.63, 3.8) is 0 Å². The molecule has 0 bridgehead atoms. The Hall–Kier alpha value is -2.84. The number of methoxy groups -OCH3 is 2. The topological polar surface area (TPSA) is 64.1 Å². The zero-order chi connectivity index (χ0) is 23.1. The number of hydrogen-bond acceptors (Lipinski definition) is 7. The van der Waals surface area contributed by atoms with Crippen LogP contribution in [0.4, 0.5) is 5.13 Å². The van der Waals surface area contributed by atoms with Gasteiger partial charge in [0.2, 0.25) is 5.91 Å². The molecule has 7 nitrogen and oxygen atoms in total. The maximum absolute atomic E-state index is 13.4. The van der Waals surface area contributed by atoms with Gasteiger partial charge in [0.05, 0.1) is 27.2 Å². The van der Waals surface area contributed by atoms with E-state index in [9.17, 15) is 4.79 Å². The van der Waals surface area contributed by atoms with Crippen LogP contribution in [0.5, 0.6) is 17.2 Å². The van der Waals surface area contributed by atoms with E-state index in [0.717, 1.165) is 34.7 Å². The monoisotopic (exact) mass is 457 g/mol. The first-order chi connectivity index (χ1) is 15.5. The Bertz CT molecular complexity index is 993. The molecule has 0 aliphatic carbocycles. The van der Waals surface area contributed by atoms with Crippen LogP contribution < -0.4 is 19.1 Å². The van der Waals surface area contributed by atoms with Gasteiger partial charge < -0.3 is 19.1 Å². The van der Waals surface area contributed by atoms with Gasteiger partial charge in [0.15, 0.2) is 5.13 Å². The van der Waals surface area contributed by atoms with Crippen molar-refractivity contribution in [2.75, 3.05) is 52.9 Å². The summed E-state index contributed by atoms with van der Waals surface area (Å²) in [4.78, 5) is 22.0. The van der Waals surface area contributed by atoms with E-state index in [1.54, 1.807) is 19.1 Å². The highest BCUT2D eigenvalue weighted by molar-refractivity contribution is 7.22. The fourth-order valence-electron chi connectivity index (χ4n) is 3.40. The minimum atomic E-state index is 0.00454. The molecule has 0 aliphatic rings. The van der Waals surface area contributed by atoms with Gasteiger partial charge in [-0.25, -0.2) is 4.98 Å². The van der Waals surface area contributed by atoms with Crippen molar-refractivity contribution >= 4 is 32.6 Å². The SMILES string of the molecule is CCOc1ccc(CC(=O)N(CCCN(C)C)c2nc3c(OC)ccc(OC)c3s2)cc1. The van der Waals surface area contributed by atoms with Crippen molar-refractivity contribution in [2.45, 2.75) is 19.8 Å². The van der Waals surface area contributed by atoms with Crippen molar-refractivity contribution in [3.8, 4) is 17.2 Å². The molecule has 0 N–H and O–H groups in total. The van der Waals surface area contributed by atoms with E-state index < -0.39 is 0 Å². The maximum Gasteiger partial charge on any atom is 0.233 e. The van der Waals surface area contributed by atoms with Gasteiger partial charge in [0, 0.05) is 6.54 Å². The number of ether oxygens (including phenoxy) is 3. The third-order valence-electron chi connectivity index (χ3n) is 5.01. The Morgan fingerprint density at radius 2 is 1.69 bits per heavy atom. The Morgan fingerprint density at radius 3 is 2.31 bits per heavy atom. The number of aromatic nitrogens is 1. The molecule has 1 heterocycles. The lowest BCUT2D eigenvalue weighted by atomic mass is 10.1. The maximum atomic E-state index is 13.4. The summed E-state index contributed by atoms with van der Waals surface area (Å²) < 4.78 is 17.4. The Kier molecular flexibility index (Phi) is 8.30. The molecular weight excluding hydrogens is 426 g/mol. The number of nitrogens with zero attached hydrogens (tertiary/aromatic N) is 3. The van der Waals surface area contributed by atoms with Crippen LogP contribution in [-0.4, -0.2) is 63.8 Å². The van der Waals surface area contributed by atoms with E-state index in [4.69, 9.17) is 19.2 Å². The molecule has 3 aromatic rings. The largest absolute Gasteiger partial charge is 0.495 e. The number of amides is 1. The van der Waals surface area contributed by atoms with Crippen molar-refractivity contribution in [1.82, 2.24) is 9.88 Å². The normalized spacial score (nSPS) is 11.1. The Morgan fingerprint density at radius 1 is 1.00 bits per heavy atom. The second kappa shape index (κ2) is 11.2. The van der Waals surface area contributed by atoms with Crippen LogP contribution >= 0.6 is 11.3 Å². The summed E-state index contributed by atoms with van der Waals surface area (Å²) in [6.45, 7) is 4.02. The summed E-state index contributed by atoms with van der Waals surface area (Å²) in [6, 6.07) is 11.4. The molecule has 0 radical (unpaired) electrons. The Balaban J connectivity index is 1.90. The molecule has 8 heteroatoms. The average Bonchev–Trinajstić information content (AvgIpc) is 3.22. The molecule has 0 atom stereocenters. The van der Waals surface area contributed by atoms with Gasteiger partial charge >= 0.3 is 0 Å². The van der Waals surface area contributed by atoms with Crippen LogP contribution in [0.15, 0.2) is 36.4 Å². The van der Waals surface area contributed by atoms with Crippen LogP contribution in [-0.2, 0) is 11.2 Å². The summed E-state index contributed by atoms with van der Waals surface area (Å²) >= 11 is 1.45.